The number of amides is 1. The van der Waals surface area contributed by atoms with Crippen LogP contribution in [0, 0.1) is 0 Å². The van der Waals surface area contributed by atoms with Crippen molar-refractivity contribution in [1.82, 2.24) is 15.2 Å². The molecule has 1 unspecified atom stereocenters. The van der Waals surface area contributed by atoms with E-state index in [-0.39, 0.29) is 16.8 Å². The van der Waals surface area contributed by atoms with Gasteiger partial charge in [-0.15, -0.1) is 10.2 Å². The molecule has 1 atom stereocenters. The van der Waals surface area contributed by atoms with E-state index in [0.717, 1.165) is 23.9 Å². The van der Waals surface area contributed by atoms with E-state index in [1.165, 1.54) is 12.1 Å². The van der Waals surface area contributed by atoms with Gasteiger partial charge >= 0.3 is 6.18 Å². The molecule has 162 valence electrons. The molecular formula is C22H15F3N4O2S. The minimum Gasteiger partial charge on any atom is -0.411 e. The standard InChI is InChI=1S/C22H15F3N4O2S/c23-22(24,25)16-7-4-8-17(13-16)27-19(30)18(14-5-2-1-3-6-14)32-21-29-28-20(31-21)15-9-11-26-12-10-15/h1-13,18H,(H,27,30). The lowest BCUT2D eigenvalue weighted by atomic mass is 10.1. The van der Waals surface area contributed by atoms with Crippen molar-refractivity contribution in [3.63, 3.8) is 0 Å². The van der Waals surface area contributed by atoms with Gasteiger partial charge in [-0.2, -0.15) is 13.2 Å². The summed E-state index contributed by atoms with van der Waals surface area (Å²) in [6.07, 6.45) is -1.34. The molecule has 0 aliphatic carbocycles. The molecule has 0 fully saturated rings. The zero-order valence-corrected chi connectivity index (χ0v) is 17.1. The Bertz CT molecular complexity index is 1200. The van der Waals surface area contributed by atoms with Crippen molar-refractivity contribution in [1.29, 1.82) is 0 Å². The Hall–Kier alpha value is -3.66. The summed E-state index contributed by atoms with van der Waals surface area (Å²) in [5, 5.41) is 9.84. The highest BCUT2D eigenvalue weighted by Gasteiger charge is 2.31. The zero-order chi connectivity index (χ0) is 22.6. The van der Waals surface area contributed by atoms with Crippen LogP contribution < -0.4 is 5.32 Å². The van der Waals surface area contributed by atoms with E-state index in [9.17, 15) is 18.0 Å². The number of rotatable bonds is 6. The molecule has 2 aromatic carbocycles. The Labute approximate surface area is 184 Å². The molecule has 6 nitrogen and oxygen atoms in total. The lowest BCUT2D eigenvalue weighted by Crippen LogP contribution is -2.19. The number of anilines is 1. The molecule has 0 radical (unpaired) electrons. The SMILES string of the molecule is O=C(Nc1cccc(C(F)(F)F)c1)C(Sc1nnc(-c2ccncc2)o1)c1ccccc1. The second-order valence-electron chi connectivity index (χ2n) is 6.59. The van der Waals surface area contributed by atoms with E-state index < -0.39 is 22.9 Å². The van der Waals surface area contributed by atoms with Gasteiger partial charge in [0, 0.05) is 23.6 Å². The van der Waals surface area contributed by atoms with Gasteiger partial charge in [-0.25, -0.2) is 0 Å². The Kier molecular flexibility index (Phi) is 6.22. The fraction of sp³-hybridized carbons (Fsp3) is 0.0909. The van der Waals surface area contributed by atoms with Crippen molar-refractivity contribution in [2.45, 2.75) is 16.6 Å². The maximum Gasteiger partial charge on any atom is 0.416 e. The van der Waals surface area contributed by atoms with Gasteiger partial charge in [0.05, 0.1) is 5.56 Å². The fourth-order valence-electron chi connectivity index (χ4n) is 2.85. The molecule has 0 bridgehead atoms. The van der Waals surface area contributed by atoms with Crippen molar-refractivity contribution >= 4 is 23.4 Å². The highest BCUT2D eigenvalue weighted by atomic mass is 32.2. The predicted octanol–water partition coefficient (Wildman–Crippen LogP) is 5.62. The molecule has 0 aliphatic rings. The topological polar surface area (TPSA) is 80.9 Å². The number of halogens is 3. The fourth-order valence-corrected chi connectivity index (χ4v) is 3.73. The molecule has 0 saturated carbocycles. The molecule has 4 aromatic rings. The highest BCUT2D eigenvalue weighted by molar-refractivity contribution is 8.00. The molecular weight excluding hydrogens is 441 g/mol. The number of carbonyl (C=O) groups is 1. The van der Waals surface area contributed by atoms with Crippen LogP contribution in [-0.4, -0.2) is 21.1 Å². The van der Waals surface area contributed by atoms with Gasteiger partial charge in [-0.3, -0.25) is 9.78 Å². The third-order valence-electron chi connectivity index (χ3n) is 4.35. The summed E-state index contributed by atoms with van der Waals surface area (Å²) in [5.74, 6) is -0.260. The van der Waals surface area contributed by atoms with E-state index in [2.05, 4.69) is 20.5 Å². The van der Waals surface area contributed by atoms with Crippen LogP contribution in [0.15, 0.2) is 88.8 Å². The first-order valence-corrected chi connectivity index (χ1v) is 10.2. The molecule has 4 rings (SSSR count). The van der Waals surface area contributed by atoms with Gasteiger partial charge in [0.1, 0.15) is 5.25 Å². The van der Waals surface area contributed by atoms with Crippen LogP contribution in [-0.2, 0) is 11.0 Å². The van der Waals surface area contributed by atoms with Crippen LogP contribution in [0.3, 0.4) is 0 Å². The summed E-state index contributed by atoms with van der Waals surface area (Å²) in [6, 6.07) is 16.7. The number of alkyl halides is 3. The van der Waals surface area contributed by atoms with Crippen molar-refractivity contribution in [2.75, 3.05) is 5.32 Å². The number of carbonyl (C=O) groups excluding carboxylic acids is 1. The van der Waals surface area contributed by atoms with Gasteiger partial charge in [-0.1, -0.05) is 36.4 Å². The zero-order valence-electron chi connectivity index (χ0n) is 16.3. The van der Waals surface area contributed by atoms with Crippen LogP contribution in [0.2, 0.25) is 0 Å². The number of hydrogen-bond acceptors (Lipinski definition) is 6. The minimum absolute atomic E-state index is 0.0364. The Balaban J connectivity index is 1.58. The highest BCUT2D eigenvalue weighted by Crippen LogP contribution is 2.37. The second kappa shape index (κ2) is 9.23. The second-order valence-corrected chi connectivity index (χ2v) is 7.64. The molecule has 2 aromatic heterocycles. The summed E-state index contributed by atoms with van der Waals surface area (Å²) in [5.41, 5.74) is 0.488. The third-order valence-corrected chi connectivity index (χ3v) is 5.44. The summed E-state index contributed by atoms with van der Waals surface area (Å²) >= 11 is 1.00. The van der Waals surface area contributed by atoms with Gasteiger partial charge in [0.2, 0.25) is 11.8 Å². The maximum absolute atomic E-state index is 13.0. The molecule has 0 aliphatic heterocycles. The van der Waals surface area contributed by atoms with Crippen LogP contribution in [0.25, 0.3) is 11.5 Å². The summed E-state index contributed by atoms with van der Waals surface area (Å²) in [6.45, 7) is 0. The smallest absolute Gasteiger partial charge is 0.411 e. The summed E-state index contributed by atoms with van der Waals surface area (Å²) in [4.78, 5) is 17.0. The van der Waals surface area contributed by atoms with Gasteiger partial charge in [-0.05, 0) is 47.7 Å². The first-order chi connectivity index (χ1) is 15.4. The first-order valence-electron chi connectivity index (χ1n) is 9.34. The number of aromatic nitrogens is 3. The quantitative estimate of drug-likeness (QED) is 0.379. The van der Waals surface area contributed by atoms with E-state index in [4.69, 9.17) is 4.42 Å². The average Bonchev–Trinajstić information content (AvgIpc) is 3.27. The average molecular weight is 456 g/mol. The molecule has 32 heavy (non-hydrogen) atoms. The molecule has 2 heterocycles. The number of hydrogen-bond donors (Lipinski definition) is 1. The Morgan fingerprint density at radius 3 is 2.44 bits per heavy atom. The number of nitrogens with one attached hydrogen (secondary N) is 1. The van der Waals surface area contributed by atoms with E-state index in [0.29, 0.717) is 11.1 Å². The predicted molar refractivity (Wildman–Crippen MR) is 113 cm³/mol. The van der Waals surface area contributed by atoms with Crippen LogP contribution >= 0.6 is 11.8 Å². The normalized spacial score (nSPS) is 12.3. The number of nitrogens with zero attached hydrogens (tertiary/aromatic N) is 3. The van der Waals surface area contributed by atoms with E-state index in [1.54, 1.807) is 54.9 Å². The number of thioether (sulfide) groups is 1. The molecule has 1 amide bonds. The largest absolute Gasteiger partial charge is 0.416 e. The Morgan fingerprint density at radius 1 is 0.969 bits per heavy atom. The van der Waals surface area contributed by atoms with E-state index in [1.807, 2.05) is 0 Å². The van der Waals surface area contributed by atoms with Gasteiger partial charge in [0.15, 0.2) is 0 Å². The lowest BCUT2D eigenvalue weighted by molar-refractivity contribution is -0.137. The van der Waals surface area contributed by atoms with Crippen LogP contribution in [0.1, 0.15) is 16.4 Å². The monoisotopic (exact) mass is 456 g/mol. The van der Waals surface area contributed by atoms with Crippen molar-refractivity contribution in [3.8, 4) is 11.5 Å². The van der Waals surface area contributed by atoms with Crippen LogP contribution in [0.5, 0.6) is 0 Å². The summed E-state index contributed by atoms with van der Waals surface area (Å²) < 4.78 is 44.7. The first kappa shape index (κ1) is 21.6. The molecule has 0 spiro atoms. The summed E-state index contributed by atoms with van der Waals surface area (Å²) in [7, 11) is 0. The van der Waals surface area contributed by atoms with E-state index >= 15 is 0 Å². The van der Waals surface area contributed by atoms with Gasteiger partial charge in [0.25, 0.3) is 5.22 Å². The molecule has 1 N–H and O–H groups in total. The lowest BCUT2D eigenvalue weighted by Gasteiger charge is -2.16. The number of pyridine rings is 1. The van der Waals surface area contributed by atoms with Crippen molar-refractivity contribution in [3.05, 3.63) is 90.3 Å². The van der Waals surface area contributed by atoms with Crippen LogP contribution in [0.4, 0.5) is 18.9 Å². The molecule has 0 saturated heterocycles. The maximum atomic E-state index is 13.0. The third kappa shape index (κ3) is 5.14. The molecule has 10 heteroatoms. The Morgan fingerprint density at radius 2 is 1.72 bits per heavy atom. The van der Waals surface area contributed by atoms with Crippen molar-refractivity contribution < 1.29 is 22.4 Å². The van der Waals surface area contributed by atoms with Gasteiger partial charge < -0.3 is 9.73 Å². The minimum atomic E-state index is -4.51. The van der Waals surface area contributed by atoms with Crippen molar-refractivity contribution in [2.24, 2.45) is 0 Å². The number of benzene rings is 2.